The molecule has 0 aromatic heterocycles. The number of aryl methyl sites for hydroxylation is 1. The first-order valence-corrected chi connectivity index (χ1v) is 25.3. The van der Waals surface area contributed by atoms with Crippen molar-refractivity contribution in [1.82, 2.24) is 15.3 Å². The standard InChI is InChI=1S/C49H63ClN4O15S/c1-27-9-7-10-36(64-6)49(63)24-34(66-47(62)51-49)29(3)44-48(4,68-44)37(23-40(57)52(5)33-21-31(19-27)20-28(2)43(33)50)67-42(59)26-65-17-8-18-70-35-22-41(58)53(45(35)60)25-30-11-13-32(14-12-30)46(61)69-54-38(55)15-16-39(54)56/h7,9-10,20-21,29-30,32,34-37,44,63H,8,11-19,22-26H2,1-6H3,(H,51,62)/b10-7+,27-9+/t29-,30?,32?,34+,35?,36-,37+,44+,48+,49+/m1/s1. The number of carbonyl (C=O) groups excluding carboxylic acids is 8. The van der Waals surface area contributed by atoms with E-state index in [0.717, 1.165) is 16.7 Å². The summed E-state index contributed by atoms with van der Waals surface area (Å²) >= 11 is 8.13. The zero-order chi connectivity index (χ0) is 50.7. The Bertz CT molecular complexity index is 2290. The van der Waals surface area contributed by atoms with E-state index in [1.165, 1.54) is 28.7 Å². The molecule has 7 rings (SSSR count). The second kappa shape index (κ2) is 22.3. The number of amides is 6. The van der Waals surface area contributed by atoms with Gasteiger partial charge >= 0.3 is 18.0 Å². The van der Waals surface area contributed by atoms with E-state index in [4.69, 9.17) is 40.1 Å². The Labute approximate surface area is 416 Å². The second-order valence-electron chi connectivity index (χ2n) is 19.4. The van der Waals surface area contributed by atoms with E-state index < -0.39 is 95.2 Å². The number of aliphatic hydroxyl groups is 1. The average molecular weight is 1020 g/mol. The van der Waals surface area contributed by atoms with Gasteiger partial charge in [0.2, 0.25) is 17.7 Å². The smallest absolute Gasteiger partial charge is 0.409 e. The highest BCUT2D eigenvalue weighted by atomic mass is 35.5. The van der Waals surface area contributed by atoms with Gasteiger partial charge in [0.25, 0.3) is 11.8 Å². The number of carbonyl (C=O) groups is 8. The van der Waals surface area contributed by atoms with Crippen molar-refractivity contribution in [3.05, 3.63) is 52.1 Å². The van der Waals surface area contributed by atoms with Crippen molar-refractivity contribution in [3.63, 3.8) is 0 Å². The summed E-state index contributed by atoms with van der Waals surface area (Å²) < 4.78 is 29.3. The molecule has 5 heterocycles. The van der Waals surface area contributed by atoms with Crippen LogP contribution in [0.25, 0.3) is 0 Å². The van der Waals surface area contributed by atoms with Crippen molar-refractivity contribution < 1.29 is 72.0 Å². The number of methoxy groups -OCH3 is 1. The number of hydrogen-bond acceptors (Lipinski definition) is 16. The summed E-state index contributed by atoms with van der Waals surface area (Å²) in [6.45, 7) is 7.23. The van der Waals surface area contributed by atoms with Gasteiger partial charge in [-0.3, -0.25) is 34.2 Å². The van der Waals surface area contributed by atoms with Crippen molar-refractivity contribution in [1.29, 1.82) is 0 Å². The molecule has 8 atom stereocenters. The van der Waals surface area contributed by atoms with Crippen LogP contribution in [-0.4, -0.2) is 143 Å². The summed E-state index contributed by atoms with van der Waals surface area (Å²) in [7, 11) is 3.03. The summed E-state index contributed by atoms with van der Waals surface area (Å²) in [6.07, 6.45) is 3.58. The molecule has 1 saturated carbocycles. The molecule has 1 aliphatic carbocycles. The zero-order valence-corrected chi connectivity index (χ0v) is 42.0. The van der Waals surface area contributed by atoms with E-state index in [1.54, 1.807) is 33.0 Å². The molecular formula is C49H63ClN4O15S. The number of halogens is 1. The summed E-state index contributed by atoms with van der Waals surface area (Å²) in [5, 5.41) is 14.7. The largest absolute Gasteiger partial charge is 0.457 e. The van der Waals surface area contributed by atoms with Crippen molar-refractivity contribution in [2.24, 2.45) is 17.8 Å². The van der Waals surface area contributed by atoms with Crippen LogP contribution in [-0.2, 0) is 68.5 Å². The molecule has 1 aromatic carbocycles. The fourth-order valence-corrected chi connectivity index (χ4v) is 11.3. The van der Waals surface area contributed by atoms with Gasteiger partial charge in [-0.15, -0.1) is 16.8 Å². The minimum atomic E-state index is -1.84. The van der Waals surface area contributed by atoms with Gasteiger partial charge in [-0.1, -0.05) is 48.4 Å². The molecule has 6 aliphatic rings. The van der Waals surface area contributed by atoms with Gasteiger partial charge in [0, 0.05) is 58.9 Å². The molecule has 4 saturated heterocycles. The molecule has 0 radical (unpaired) electrons. The van der Waals surface area contributed by atoms with Crippen molar-refractivity contribution in [2.75, 3.05) is 44.6 Å². The molecule has 5 fully saturated rings. The number of imide groups is 2. The van der Waals surface area contributed by atoms with E-state index in [-0.39, 0.29) is 63.0 Å². The highest BCUT2D eigenvalue weighted by molar-refractivity contribution is 8.00. The third kappa shape index (κ3) is 12.1. The number of epoxide rings is 1. The molecule has 382 valence electrons. The number of likely N-dealkylation sites (tertiary alicyclic amines) is 1. The first-order valence-electron chi connectivity index (χ1n) is 23.8. The van der Waals surface area contributed by atoms with Gasteiger partial charge in [-0.2, -0.15) is 0 Å². The number of hydroxylamine groups is 2. The van der Waals surface area contributed by atoms with Gasteiger partial charge in [0.15, 0.2) is 5.72 Å². The number of esters is 1. The maximum atomic E-state index is 14.2. The first kappa shape index (κ1) is 53.0. The fraction of sp³-hybridized carbons (Fsp3) is 0.633. The molecule has 1 aromatic rings. The second-order valence-corrected chi connectivity index (χ2v) is 21.1. The molecule has 6 amide bonds. The number of rotatable bonds is 13. The maximum absolute atomic E-state index is 14.2. The fourth-order valence-electron chi connectivity index (χ4n) is 10.0. The van der Waals surface area contributed by atoms with Crippen LogP contribution >= 0.6 is 23.4 Å². The molecule has 4 bridgehead atoms. The van der Waals surface area contributed by atoms with E-state index >= 15 is 0 Å². The third-order valence-corrected chi connectivity index (χ3v) is 16.0. The number of nitrogens with zero attached hydrogens (tertiary/aromatic N) is 3. The van der Waals surface area contributed by atoms with Gasteiger partial charge in [0.1, 0.15) is 30.5 Å². The van der Waals surface area contributed by atoms with Crippen LogP contribution in [0.3, 0.4) is 0 Å². The van der Waals surface area contributed by atoms with Crippen LogP contribution in [0, 0.1) is 24.7 Å². The predicted octanol–water partition coefficient (Wildman–Crippen LogP) is 4.65. The van der Waals surface area contributed by atoms with Gasteiger partial charge in [-0.25, -0.2) is 14.4 Å². The Hall–Kier alpha value is -4.86. The Morgan fingerprint density at radius 3 is 2.41 bits per heavy atom. The normalized spacial score (nSPS) is 33.0. The molecule has 21 heteroatoms. The number of fused-ring (bicyclic) bond motifs is 5. The number of alkyl carbamates (subject to hydrolysis) is 1. The van der Waals surface area contributed by atoms with E-state index in [2.05, 4.69) is 5.32 Å². The average Bonchev–Trinajstić information content (AvgIpc) is 3.82. The van der Waals surface area contributed by atoms with Crippen LogP contribution in [0.4, 0.5) is 10.5 Å². The Morgan fingerprint density at radius 2 is 1.71 bits per heavy atom. The lowest BCUT2D eigenvalue weighted by Gasteiger charge is -2.42. The van der Waals surface area contributed by atoms with Crippen LogP contribution < -0.4 is 10.2 Å². The molecule has 0 spiro atoms. The molecule has 19 nitrogen and oxygen atoms in total. The Morgan fingerprint density at radius 1 is 1.00 bits per heavy atom. The Kier molecular flexibility index (Phi) is 16.9. The lowest BCUT2D eigenvalue weighted by molar-refractivity contribution is -0.201. The number of allylic oxidation sites excluding steroid dienone is 3. The summed E-state index contributed by atoms with van der Waals surface area (Å²) in [6, 6.07) is 3.78. The maximum Gasteiger partial charge on any atom is 0.409 e. The number of thioether (sulfide) groups is 1. The van der Waals surface area contributed by atoms with Crippen LogP contribution in [0.2, 0.25) is 5.02 Å². The predicted molar refractivity (Wildman–Crippen MR) is 253 cm³/mol. The van der Waals surface area contributed by atoms with Gasteiger partial charge in [-0.05, 0) is 88.2 Å². The van der Waals surface area contributed by atoms with Crippen LogP contribution in [0.15, 0.2) is 35.9 Å². The topological polar surface area (TPSA) is 237 Å². The van der Waals surface area contributed by atoms with E-state index in [9.17, 15) is 43.5 Å². The highest BCUT2D eigenvalue weighted by Crippen LogP contribution is 2.49. The first-order chi connectivity index (χ1) is 33.2. The monoisotopic (exact) mass is 1010 g/mol. The molecule has 5 aliphatic heterocycles. The molecular weight excluding hydrogens is 952 g/mol. The minimum Gasteiger partial charge on any atom is -0.457 e. The van der Waals surface area contributed by atoms with E-state index in [1.807, 2.05) is 32.1 Å². The molecule has 2 N–H and O–H groups in total. The minimum absolute atomic E-state index is 0.00358. The SMILES string of the molecule is CO[C@@H]1/C=C/C=C(\C)Cc2cc(C)c(Cl)c(c2)N(C)C(=O)C[C@H](OC(=O)COCCCSC2CC(=O)N(CC3CCC(C(=O)ON4C(=O)CCC4=O)CC3)C2=O)[C@]2(C)O[C@H]2[C@H](C)[C@@H]2C[C@@]1(O)NC(=O)O2. The summed E-state index contributed by atoms with van der Waals surface area (Å²) in [5.41, 5.74) is 0.0281. The van der Waals surface area contributed by atoms with Gasteiger partial charge in [0.05, 0.1) is 34.4 Å². The third-order valence-electron chi connectivity index (χ3n) is 14.2. The van der Waals surface area contributed by atoms with Crippen molar-refractivity contribution in [2.45, 2.75) is 139 Å². The lowest BCUT2D eigenvalue weighted by Crippen LogP contribution is -2.63. The number of benzene rings is 1. The van der Waals surface area contributed by atoms with E-state index in [0.29, 0.717) is 60.1 Å². The van der Waals surface area contributed by atoms with Crippen LogP contribution in [0.1, 0.15) is 96.1 Å². The Balaban J connectivity index is 0.926. The number of hydrogen-bond donors (Lipinski definition) is 2. The number of nitrogens with one attached hydrogen (secondary N) is 1. The number of ether oxygens (including phenoxy) is 5. The van der Waals surface area contributed by atoms with Crippen molar-refractivity contribution in [3.8, 4) is 0 Å². The zero-order valence-electron chi connectivity index (χ0n) is 40.4. The quantitative estimate of drug-likeness (QED) is 0.118. The molecule has 70 heavy (non-hydrogen) atoms. The highest BCUT2D eigenvalue weighted by Gasteiger charge is 2.64. The van der Waals surface area contributed by atoms with Crippen LogP contribution in [0.5, 0.6) is 0 Å². The van der Waals surface area contributed by atoms with Crippen molar-refractivity contribution >= 4 is 76.6 Å². The molecule has 1 unspecified atom stereocenters. The summed E-state index contributed by atoms with van der Waals surface area (Å²) in [5.74, 6) is -3.93. The van der Waals surface area contributed by atoms with Gasteiger partial charge < -0.3 is 38.5 Å². The number of anilines is 1. The summed E-state index contributed by atoms with van der Waals surface area (Å²) in [4.78, 5) is 111. The lowest BCUT2D eigenvalue weighted by atomic mass is 9.82.